The largest absolute Gasteiger partial charge is 0.497 e. The monoisotopic (exact) mass is 464 g/mol. The van der Waals surface area contributed by atoms with Crippen LogP contribution in [0.15, 0.2) is 48.5 Å². The van der Waals surface area contributed by atoms with E-state index in [0.29, 0.717) is 69.0 Å². The van der Waals surface area contributed by atoms with Crippen molar-refractivity contribution in [2.24, 2.45) is 0 Å². The van der Waals surface area contributed by atoms with Gasteiger partial charge in [0.05, 0.1) is 38.1 Å². The molecule has 0 N–H and O–H groups in total. The predicted molar refractivity (Wildman–Crippen MR) is 123 cm³/mol. The number of hydrogen-bond acceptors (Lipinski definition) is 7. The van der Waals surface area contributed by atoms with Gasteiger partial charge in [-0.2, -0.15) is 4.98 Å². The fraction of sp³-hybridized carbons (Fsp3) is 0.320. The van der Waals surface area contributed by atoms with E-state index in [9.17, 15) is 9.18 Å². The van der Waals surface area contributed by atoms with E-state index < -0.39 is 0 Å². The molecule has 3 aromatic rings. The first-order chi connectivity index (χ1) is 16.6. The minimum atomic E-state index is -0.375. The van der Waals surface area contributed by atoms with Gasteiger partial charge >= 0.3 is 0 Å². The molecule has 1 fully saturated rings. The number of fused-ring (bicyclic) bond motifs is 1. The Morgan fingerprint density at radius 3 is 2.38 bits per heavy atom. The number of aromatic nitrogens is 2. The van der Waals surface area contributed by atoms with Crippen LogP contribution in [-0.2, 0) is 17.7 Å². The third-order valence-electron chi connectivity index (χ3n) is 5.96. The normalized spacial score (nSPS) is 15.6. The van der Waals surface area contributed by atoms with Crippen LogP contribution in [0.4, 0.5) is 10.3 Å². The molecule has 0 saturated carbocycles. The molecule has 34 heavy (non-hydrogen) atoms. The summed E-state index contributed by atoms with van der Waals surface area (Å²) in [7, 11) is 1.61. The second kappa shape index (κ2) is 9.64. The van der Waals surface area contributed by atoms with Gasteiger partial charge in [0.1, 0.15) is 17.3 Å². The Balaban J connectivity index is 1.46. The van der Waals surface area contributed by atoms with Crippen LogP contribution < -0.4 is 14.4 Å². The number of anilines is 1. The zero-order valence-corrected chi connectivity index (χ0v) is 18.9. The smallest absolute Gasteiger partial charge is 0.254 e. The van der Waals surface area contributed by atoms with Gasteiger partial charge in [-0.05, 0) is 48.5 Å². The maximum Gasteiger partial charge on any atom is 0.254 e. The summed E-state index contributed by atoms with van der Waals surface area (Å²) in [6.45, 7) is 3.46. The molecule has 0 radical (unpaired) electrons. The lowest BCUT2D eigenvalue weighted by atomic mass is 10.1. The lowest BCUT2D eigenvalue weighted by Crippen LogP contribution is -2.39. The molecule has 2 aromatic carbocycles. The molecular formula is C25H25FN4O4. The standard InChI is InChI=1S/C25H25FN4O4/c1-32-19-6-8-20(9-7-19)34-23-21-16-30(24(31)17-2-4-18(26)5-3-17)11-10-22(21)27-25(28-23)29-12-14-33-15-13-29/h2-9H,10-16H2,1H3. The van der Waals surface area contributed by atoms with Crippen molar-refractivity contribution in [1.82, 2.24) is 14.9 Å². The van der Waals surface area contributed by atoms with E-state index in [-0.39, 0.29) is 11.7 Å². The Kier molecular flexibility index (Phi) is 6.27. The number of carbonyl (C=O) groups excluding carboxylic acids is 1. The number of benzene rings is 2. The quantitative estimate of drug-likeness (QED) is 0.572. The van der Waals surface area contributed by atoms with Gasteiger partial charge in [-0.15, -0.1) is 0 Å². The summed E-state index contributed by atoms with van der Waals surface area (Å²) in [5.74, 6) is 1.81. The number of morpholine rings is 1. The third-order valence-corrected chi connectivity index (χ3v) is 5.96. The summed E-state index contributed by atoms with van der Waals surface area (Å²) in [5.41, 5.74) is 2.08. The Hall–Kier alpha value is -3.72. The number of ether oxygens (including phenoxy) is 3. The molecule has 2 aliphatic heterocycles. The summed E-state index contributed by atoms with van der Waals surface area (Å²) in [6, 6.07) is 12.8. The van der Waals surface area contributed by atoms with Crippen LogP contribution >= 0.6 is 0 Å². The molecule has 1 saturated heterocycles. The molecule has 2 aliphatic rings. The van der Waals surface area contributed by atoms with Gasteiger partial charge in [-0.3, -0.25) is 4.79 Å². The first kappa shape index (κ1) is 22.1. The number of nitrogens with zero attached hydrogens (tertiary/aromatic N) is 4. The lowest BCUT2D eigenvalue weighted by molar-refractivity contribution is 0.0731. The molecule has 8 nitrogen and oxygen atoms in total. The second-order valence-corrected chi connectivity index (χ2v) is 8.11. The van der Waals surface area contributed by atoms with E-state index in [1.165, 1.54) is 24.3 Å². The number of halogens is 1. The van der Waals surface area contributed by atoms with E-state index in [4.69, 9.17) is 24.2 Å². The lowest BCUT2D eigenvalue weighted by Gasteiger charge is -2.32. The van der Waals surface area contributed by atoms with Crippen LogP contribution in [0.25, 0.3) is 0 Å². The molecule has 0 spiro atoms. The molecule has 176 valence electrons. The maximum absolute atomic E-state index is 13.3. The Morgan fingerprint density at radius 2 is 1.68 bits per heavy atom. The molecule has 1 amide bonds. The highest BCUT2D eigenvalue weighted by atomic mass is 19.1. The van der Waals surface area contributed by atoms with Crippen molar-refractivity contribution in [2.45, 2.75) is 13.0 Å². The van der Waals surface area contributed by atoms with Crippen molar-refractivity contribution in [2.75, 3.05) is 44.9 Å². The van der Waals surface area contributed by atoms with Crippen molar-refractivity contribution in [1.29, 1.82) is 0 Å². The highest BCUT2D eigenvalue weighted by molar-refractivity contribution is 5.94. The molecule has 9 heteroatoms. The zero-order valence-electron chi connectivity index (χ0n) is 18.9. The summed E-state index contributed by atoms with van der Waals surface area (Å²) >= 11 is 0. The van der Waals surface area contributed by atoms with Gasteiger partial charge in [0.15, 0.2) is 0 Å². The van der Waals surface area contributed by atoms with Gasteiger partial charge in [-0.25, -0.2) is 9.37 Å². The van der Waals surface area contributed by atoms with Gasteiger partial charge in [0.25, 0.3) is 5.91 Å². The first-order valence-corrected chi connectivity index (χ1v) is 11.2. The fourth-order valence-electron chi connectivity index (χ4n) is 4.06. The SMILES string of the molecule is COc1ccc(Oc2nc(N3CCOCC3)nc3c2CN(C(=O)c2ccc(F)cc2)CC3)cc1. The Labute approximate surface area is 196 Å². The molecule has 0 atom stereocenters. The van der Waals surface area contributed by atoms with Crippen LogP contribution in [0.3, 0.4) is 0 Å². The van der Waals surface area contributed by atoms with Gasteiger partial charge in [-0.1, -0.05) is 0 Å². The van der Waals surface area contributed by atoms with Crippen molar-refractivity contribution in [3.05, 3.63) is 71.2 Å². The van der Waals surface area contributed by atoms with Gasteiger partial charge < -0.3 is 24.0 Å². The van der Waals surface area contributed by atoms with E-state index >= 15 is 0 Å². The van der Waals surface area contributed by atoms with Gasteiger partial charge in [0, 0.05) is 31.6 Å². The summed E-state index contributed by atoms with van der Waals surface area (Å²) in [6.07, 6.45) is 0.571. The third kappa shape index (κ3) is 4.65. The minimum Gasteiger partial charge on any atom is -0.497 e. The van der Waals surface area contributed by atoms with Gasteiger partial charge in [0.2, 0.25) is 11.8 Å². The number of methoxy groups -OCH3 is 1. The summed E-state index contributed by atoms with van der Waals surface area (Å²) in [5, 5.41) is 0. The van der Waals surface area contributed by atoms with Crippen molar-refractivity contribution in [3.8, 4) is 17.4 Å². The average molecular weight is 464 g/mol. The molecule has 0 aliphatic carbocycles. The average Bonchev–Trinajstić information content (AvgIpc) is 2.89. The Morgan fingerprint density at radius 1 is 0.971 bits per heavy atom. The van der Waals surface area contributed by atoms with E-state index in [0.717, 1.165) is 17.0 Å². The van der Waals surface area contributed by atoms with E-state index in [1.807, 2.05) is 24.3 Å². The number of amides is 1. The molecular weight excluding hydrogens is 439 g/mol. The van der Waals surface area contributed by atoms with Crippen molar-refractivity contribution >= 4 is 11.9 Å². The van der Waals surface area contributed by atoms with Crippen LogP contribution in [0.1, 0.15) is 21.6 Å². The highest BCUT2D eigenvalue weighted by Gasteiger charge is 2.28. The highest BCUT2D eigenvalue weighted by Crippen LogP contribution is 2.32. The molecule has 3 heterocycles. The van der Waals surface area contributed by atoms with E-state index in [2.05, 4.69) is 4.90 Å². The molecule has 1 aromatic heterocycles. The Bertz CT molecular complexity index is 1160. The van der Waals surface area contributed by atoms with E-state index in [1.54, 1.807) is 12.0 Å². The van der Waals surface area contributed by atoms with Crippen LogP contribution in [0, 0.1) is 5.82 Å². The topological polar surface area (TPSA) is 77.0 Å². The fourth-order valence-corrected chi connectivity index (χ4v) is 4.06. The second-order valence-electron chi connectivity index (χ2n) is 8.11. The number of hydrogen-bond donors (Lipinski definition) is 0. The van der Waals surface area contributed by atoms with Crippen LogP contribution in [0.2, 0.25) is 0 Å². The number of carbonyl (C=O) groups is 1. The van der Waals surface area contributed by atoms with Crippen molar-refractivity contribution < 1.29 is 23.4 Å². The van der Waals surface area contributed by atoms with Crippen LogP contribution in [0.5, 0.6) is 17.4 Å². The summed E-state index contributed by atoms with van der Waals surface area (Å²) < 4.78 is 30.2. The predicted octanol–water partition coefficient (Wildman–Crippen LogP) is 3.45. The summed E-state index contributed by atoms with van der Waals surface area (Å²) in [4.78, 5) is 26.4. The molecule has 0 bridgehead atoms. The minimum absolute atomic E-state index is 0.168. The van der Waals surface area contributed by atoms with Crippen LogP contribution in [-0.4, -0.2) is 60.7 Å². The molecule has 5 rings (SSSR count). The first-order valence-electron chi connectivity index (χ1n) is 11.2. The zero-order chi connectivity index (χ0) is 23.5. The van der Waals surface area contributed by atoms with Crippen molar-refractivity contribution in [3.63, 3.8) is 0 Å². The number of rotatable bonds is 5. The molecule has 0 unspecified atom stereocenters. The maximum atomic E-state index is 13.3.